The van der Waals surface area contributed by atoms with Gasteiger partial charge in [0.25, 0.3) is 0 Å². The number of morpholine rings is 1. The van der Waals surface area contributed by atoms with Gasteiger partial charge in [-0.25, -0.2) is 22.9 Å². The molecule has 1 fully saturated rings. The molecule has 0 bridgehead atoms. The van der Waals surface area contributed by atoms with Crippen molar-refractivity contribution in [2.45, 2.75) is 45.8 Å². The van der Waals surface area contributed by atoms with E-state index in [-0.39, 0.29) is 31.4 Å². The van der Waals surface area contributed by atoms with E-state index in [1.165, 1.54) is 24.3 Å². The van der Waals surface area contributed by atoms with Gasteiger partial charge in [0.1, 0.15) is 24.1 Å². The summed E-state index contributed by atoms with van der Waals surface area (Å²) in [6.07, 6.45) is 2.07. The first-order valence-electron chi connectivity index (χ1n) is 13.6. The third-order valence-corrected chi connectivity index (χ3v) is 7.01. The van der Waals surface area contributed by atoms with Crippen LogP contribution >= 0.6 is 0 Å². The summed E-state index contributed by atoms with van der Waals surface area (Å²) in [6, 6.07) is 11.0. The van der Waals surface area contributed by atoms with E-state index in [4.69, 9.17) is 15.5 Å². The molecule has 2 aromatic carbocycles. The number of carbonyl (C=O) groups excluding carboxylic acids is 1. The monoisotopic (exact) mass is 557 g/mol. The molecule has 1 aliphatic heterocycles. The summed E-state index contributed by atoms with van der Waals surface area (Å²) in [7, 11) is 0. The quantitative estimate of drug-likeness (QED) is 0.382. The Kier molecular flexibility index (Phi) is 9.52. The molecule has 0 saturated carbocycles. The van der Waals surface area contributed by atoms with Gasteiger partial charge >= 0.3 is 6.03 Å². The minimum Gasteiger partial charge on any atom is -0.378 e. The van der Waals surface area contributed by atoms with Gasteiger partial charge in [0.15, 0.2) is 0 Å². The molecule has 0 radical (unpaired) electrons. The van der Waals surface area contributed by atoms with Gasteiger partial charge in [-0.3, -0.25) is 0 Å². The molecule has 0 spiro atoms. The van der Waals surface area contributed by atoms with E-state index < -0.39 is 30.0 Å². The lowest BCUT2D eigenvalue weighted by Gasteiger charge is -2.43. The molecule has 10 heteroatoms. The van der Waals surface area contributed by atoms with Crippen LogP contribution in [0.5, 0.6) is 0 Å². The van der Waals surface area contributed by atoms with Gasteiger partial charge in [0, 0.05) is 44.0 Å². The van der Waals surface area contributed by atoms with Crippen molar-refractivity contribution in [3.05, 3.63) is 77.8 Å². The standard InChI is InChI=1S/C30H38F3N5O2/c1-30(2,3)27(38(11-10-25(34)18-31)29(39)36-12-14-40-15-13-36)28-35-26(22-7-5-9-24(33)17-22)20-37(28)19-21-6-4-8-23(32)16-21/h4-9,16-17,20,25,27H,10-15,18-19,34H2,1-3H3/t25-,27+/m1/s1. The summed E-state index contributed by atoms with van der Waals surface area (Å²) in [5.41, 5.74) is 7.25. The molecule has 7 nitrogen and oxygen atoms in total. The molecule has 3 aromatic rings. The van der Waals surface area contributed by atoms with Gasteiger partial charge in [0.05, 0.1) is 24.9 Å². The highest BCUT2D eigenvalue weighted by atomic mass is 19.1. The average Bonchev–Trinajstić information content (AvgIpc) is 3.32. The van der Waals surface area contributed by atoms with Crippen molar-refractivity contribution < 1.29 is 22.7 Å². The van der Waals surface area contributed by atoms with E-state index in [0.717, 1.165) is 0 Å². The molecule has 2 amide bonds. The maximum Gasteiger partial charge on any atom is 0.320 e. The number of hydrogen-bond acceptors (Lipinski definition) is 4. The molecule has 216 valence electrons. The number of urea groups is 1. The van der Waals surface area contributed by atoms with Crippen LogP contribution in [0, 0.1) is 17.0 Å². The maximum absolute atomic E-state index is 14.2. The second-order valence-corrected chi connectivity index (χ2v) is 11.3. The number of halogens is 3. The summed E-state index contributed by atoms with van der Waals surface area (Å²) < 4.78 is 49.0. The van der Waals surface area contributed by atoms with Crippen molar-refractivity contribution in [1.82, 2.24) is 19.4 Å². The molecular weight excluding hydrogens is 519 g/mol. The van der Waals surface area contributed by atoms with Crippen LogP contribution in [-0.2, 0) is 11.3 Å². The summed E-state index contributed by atoms with van der Waals surface area (Å²) in [4.78, 5) is 22.4. The number of rotatable bonds is 9. The predicted octanol–water partition coefficient (Wildman–Crippen LogP) is 5.40. The molecule has 0 unspecified atom stereocenters. The predicted molar refractivity (Wildman–Crippen MR) is 148 cm³/mol. The van der Waals surface area contributed by atoms with Crippen molar-refractivity contribution in [3.63, 3.8) is 0 Å². The SMILES string of the molecule is CC(C)(C)[C@H](c1nc(-c2cccc(F)c2)cn1Cc1cccc(F)c1)N(CC[C@@H](N)CF)C(=O)N1CCOCC1. The number of ether oxygens (including phenoxy) is 1. The fourth-order valence-electron chi connectivity index (χ4n) is 5.04. The number of amides is 2. The highest BCUT2D eigenvalue weighted by Crippen LogP contribution is 2.40. The highest BCUT2D eigenvalue weighted by molar-refractivity contribution is 5.75. The smallest absolute Gasteiger partial charge is 0.320 e. The molecule has 1 saturated heterocycles. The van der Waals surface area contributed by atoms with Crippen molar-refractivity contribution in [1.29, 1.82) is 0 Å². The molecule has 0 aliphatic carbocycles. The summed E-state index contributed by atoms with van der Waals surface area (Å²) in [5.74, 6) is -0.192. The third kappa shape index (κ3) is 7.22. The first kappa shape index (κ1) is 29.6. The van der Waals surface area contributed by atoms with Gasteiger partial charge in [-0.15, -0.1) is 0 Å². The Labute approximate surface area is 233 Å². The lowest BCUT2D eigenvalue weighted by molar-refractivity contribution is 0.0277. The molecule has 40 heavy (non-hydrogen) atoms. The summed E-state index contributed by atoms with van der Waals surface area (Å²) in [6.45, 7) is 7.57. The van der Waals surface area contributed by atoms with Gasteiger partial charge in [-0.05, 0) is 41.7 Å². The van der Waals surface area contributed by atoms with E-state index in [0.29, 0.717) is 48.9 Å². The van der Waals surface area contributed by atoms with Crippen molar-refractivity contribution in [2.24, 2.45) is 11.1 Å². The molecule has 2 N–H and O–H groups in total. The lowest BCUT2D eigenvalue weighted by Crippen LogP contribution is -2.52. The zero-order valence-electron chi connectivity index (χ0n) is 23.3. The number of nitrogens with two attached hydrogens (primary N) is 1. The van der Waals surface area contributed by atoms with Crippen LogP contribution in [0.1, 0.15) is 44.6 Å². The summed E-state index contributed by atoms with van der Waals surface area (Å²) >= 11 is 0. The topological polar surface area (TPSA) is 76.6 Å². The normalized spacial score (nSPS) is 15.6. The van der Waals surface area contributed by atoms with E-state index in [2.05, 4.69) is 0 Å². The van der Waals surface area contributed by atoms with Crippen LogP contribution in [-0.4, -0.2) is 70.9 Å². The van der Waals surface area contributed by atoms with E-state index >= 15 is 0 Å². The number of imidazole rings is 1. The Balaban J connectivity index is 1.84. The number of carbonyl (C=O) groups is 1. The fraction of sp³-hybridized carbons (Fsp3) is 0.467. The minimum atomic E-state index is -0.712. The summed E-state index contributed by atoms with van der Waals surface area (Å²) in [5, 5.41) is 0. The number of hydrogen-bond donors (Lipinski definition) is 1. The third-order valence-electron chi connectivity index (χ3n) is 7.01. The second-order valence-electron chi connectivity index (χ2n) is 11.3. The Morgan fingerprint density at radius 3 is 2.40 bits per heavy atom. The van der Waals surface area contributed by atoms with Crippen LogP contribution in [0.15, 0.2) is 54.7 Å². The Bertz CT molecular complexity index is 1290. The minimum absolute atomic E-state index is 0.207. The molecule has 2 atom stereocenters. The lowest BCUT2D eigenvalue weighted by atomic mass is 9.84. The Morgan fingerprint density at radius 2 is 1.77 bits per heavy atom. The zero-order chi connectivity index (χ0) is 28.9. The van der Waals surface area contributed by atoms with Crippen molar-refractivity contribution in [2.75, 3.05) is 39.5 Å². The van der Waals surface area contributed by atoms with Crippen LogP contribution < -0.4 is 5.73 Å². The van der Waals surface area contributed by atoms with E-state index in [9.17, 15) is 18.0 Å². The van der Waals surface area contributed by atoms with Gasteiger partial charge in [0.2, 0.25) is 0 Å². The van der Waals surface area contributed by atoms with Crippen LogP contribution in [0.25, 0.3) is 11.3 Å². The molecule has 1 aromatic heterocycles. The first-order chi connectivity index (χ1) is 19.1. The van der Waals surface area contributed by atoms with Crippen LogP contribution in [0.4, 0.5) is 18.0 Å². The number of aromatic nitrogens is 2. The van der Waals surface area contributed by atoms with E-state index in [1.807, 2.05) is 31.4 Å². The first-order valence-corrected chi connectivity index (χ1v) is 13.6. The number of benzene rings is 2. The molecule has 2 heterocycles. The van der Waals surface area contributed by atoms with Crippen LogP contribution in [0.2, 0.25) is 0 Å². The maximum atomic E-state index is 14.2. The fourth-order valence-corrected chi connectivity index (χ4v) is 5.04. The zero-order valence-corrected chi connectivity index (χ0v) is 23.3. The number of nitrogens with zero attached hydrogens (tertiary/aromatic N) is 4. The van der Waals surface area contributed by atoms with Crippen molar-refractivity contribution >= 4 is 6.03 Å². The van der Waals surface area contributed by atoms with Gasteiger partial charge in [-0.2, -0.15) is 0 Å². The number of alkyl halides is 1. The van der Waals surface area contributed by atoms with Gasteiger partial charge < -0.3 is 24.8 Å². The second kappa shape index (κ2) is 12.9. The largest absolute Gasteiger partial charge is 0.378 e. The van der Waals surface area contributed by atoms with Gasteiger partial charge in [-0.1, -0.05) is 45.0 Å². The van der Waals surface area contributed by atoms with Crippen LogP contribution in [0.3, 0.4) is 0 Å². The molecule has 1 aliphatic rings. The van der Waals surface area contributed by atoms with E-state index in [1.54, 1.807) is 34.2 Å². The molecule has 4 rings (SSSR count). The van der Waals surface area contributed by atoms with Crippen molar-refractivity contribution in [3.8, 4) is 11.3 Å². The Hall–Kier alpha value is -3.37. The molecular formula is C30H38F3N5O2. The Morgan fingerprint density at radius 1 is 1.10 bits per heavy atom. The highest BCUT2D eigenvalue weighted by Gasteiger charge is 2.40. The average molecular weight is 558 g/mol.